The van der Waals surface area contributed by atoms with Crippen molar-refractivity contribution in [2.75, 3.05) is 0 Å². The lowest BCUT2D eigenvalue weighted by atomic mass is 9.92. The maximum Gasteiger partial charge on any atom is 0.164 e. The summed E-state index contributed by atoms with van der Waals surface area (Å²) in [6.45, 7) is 6.59. The fraction of sp³-hybridized carbons (Fsp3) is 0.438. The Labute approximate surface area is 113 Å². The van der Waals surface area contributed by atoms with Crippen LogP contribution in [0.5, 0.6) is 0 Å². The van der Waals surface area contributed by atoms with Gasteiger partial charge in [-0.3, -0.25) is 4.79 Å². The minimum atomic E-state index is 0.292. The van der Waals surface area contributed by atoms with Gasteiger partial charge >= 0.3 is 0 Å². The molecule has 0 amide bonds. The average Bonchev–Trinajstić information content (AvgIpc) is 2.71. The van der Waals surface area contributed by atoms with Crippen LogP contribution in [-0.2, 0) is 0 Å². The van der Waals surface area contributed by atoms with Crippen molar-refractivity contribution in [2.45, 2.75) is 33.6 Å². The van der Waals surface area contributed by atoms with Crippen LogP contribution in [0.15, 0.2) is 29.6 Å². The summed E-state index contributed by atoms with van der Waals surface area (Å²) in [6, 6.07) is 8.15. The van der Waals surface area contributed by atoms with Gasteiger partial charge in [0.15, 0.2) is 5.78 Å². The number of carbonyl (C=O) groups excluding carboxylic acids is 1. The largest absolute Gasteiger partial charge is 0.294 e. The van der Waals surface area contributed by atoms with Crippen LogP contribution in [0.1, 0.15) is 44.0 Å². The second-order valence-electron chi connectivity index (χ2n) is 5.51. The van der Waals surface area contributed by atoms with Crippen molar-refractivity contribution in [3.63, 3.8) is 0 Å². The van der Waals surface area contributed by atoms with E-state index in [9.17, 15) is 4.79 Å². The maximum absolute atomic E-state index is 12.3. The molecule has 0 radical (unpaired) electrons. The normalized spacial score (nSPS) is 13.1. The number of rotatable bonds is 5. The van der Waals surface area contributed by atoms with Gasteiger partial charge in [-0.1, -0.05) is 39.0 Å². The second kappa shape index (κ2) is 5.66. The number of carbonyl (C=O) groups is 1. The minimum absolute atomic E-state index is 0.292. The Morgan fingerprint density at radius 2 is 1.94 bits per heavy atom. The van der Waals surface area contributed by atoms with Crippen LogP contribution in [0.25, 0.3) is 10.1 Å². The zero-order valence-corrected chi connectivity index (χ0v) is 12.1. The van der Waals surface area contributed by atoms with Crippen molar-refractivity contribution in [1.82, 2.24) is 0 Å². The molecule has 1 unspecified atom stereocenters. The third kappa shape index (κ3) is 2.99. The van der Waals surface area contributed by atoms with Crippen LogP contribution in [0.3, 0.4) is 0 Å². The van der Waals surface area contributed by atoms with Crippen molar-refractivity contribution in [3.8, 4) is 0 Å². The number of hydrogen-bond acceptors (Lipinski definition) is 2. The quantitative estimate of drug-likeness (QED) is 0.679. The topological polar surface area (TPSA) is 17.1 Å². The molecule has 18 heavy (non-hydrogen) atoms. The van der Waals surface area contributed by atoms with Gasteiger partial charge < -0.3 is 0 Å². The van der Waals surface area contributed by atoms with Crippen molar-refractivity contribution >= 4 is 27.2 Å². The summed E-state index contributed by atoms with van der Waals surface area (Å²) in [5.41, 5.74) is 0.909. The lowest BCUT2D eigenvalue weighted by molar-refractivity contribution is 0.0962. The first-order chi connectivity index (χ1) is 8.58. The number of hydrogen-bond donors (Lipinski definition) is 0. The monoisotopic (exact) mass is 260 g/mol. The fourth-order valence-corrected chi connectivity index (χ4v) is 3.47. The molecular weight excluding hydrogens is 240 g/mol. The highest BCUT2D eigenvalue weighted by molar-refractivity contribution is 7.17. The van der Waals surface area contributed by atoms with Crippen LogP contribution in [0.4, 0.5) is 0 Å². The highest BCUT2D eigenvalue weighted by atomic mass is 32.1. The summed E-state index contributed by atoms with van der Waals surface area (Å²) in [7, 11) is 0. The summed E-state index contributed by atoms with van der Waals surface area (Å²) in [5, 5.41) is 3.12. The summed E-state index contributed by atoms with van der Waals surface area (Å²) in [4.78, 5) is 12.3. The number of Topliss-reactive ketones (excluding diaryl/α,β-unsaturated/α-hetero) is 1. The van der Waals surface area contributed by atoms with E-state index in [1.54, 1.807) is 11.3 Å². The molecule has 0 spiro atoms. The lowest BCUT2D eigenvalue weighted by Gasteiger charge is -2.12. The van der Waals surface area contributed by atoms with Crippen molar-refractivity contribution in [3.05, 3.63) is 35.2 Å². The molecule has 0 fully saturated rings. The average molecular weight is 260 g/mol. The third-order valence-corrected chi connectivity index (χ3v) is 4.15. The fourth-order valence-electron chi connectivity index (χ4n) is 2.51. The highest BCUT2D eigenvalue weighted by Crippen LogP contribution is 2.28. The SMILES string of the molecule is CC(C)CC(C)CC(=O)c1csc2ccccc12. The first-order valence-corrected chi connectivity index (χ1v) is 7.45. The van der Waals surface area contributed by atoms with E-state index in [1.807, 2.05) is 23.6 Å². The van der Waals surface area contributed by atoms with Gasteiger partial charge in [0.1, 0.15) is 0 Å². The van der Waals surface area contributed by atoms with Gasteiger partial charge in [-0.15, -0.1) is 11.3 Å². The molecule has 1 nitrogen and oxygen atoms in total. The molecule has 1 heterocycles. The molecular formula is C16H20OS. The van der Waals surface area contributed by atoms with Gasteiger partial charge in [0.2, 0.25) is 0 Å². The molecule has 0 N–H and O–H groups in total. The van der Waals surface area contributed by atoms with E-state index in [1.165, 1.54) is 4.70 Å². The van der Waals surface area contributed by atoms with Gasteiger partial charge in [0.05, 0.1) is 0 Å². The second-order valence-corrected chi connectivity index (χ2v) is 6.42. The number of ketones is 1. The Morgan fingerprint density at radius 1 is 1.22 bits per heavy atom. The van der Waals surface area contributed by atoms with Gasteiger partial charge in [-0.25, -0.2) is 0 Å². The van der Waals surface area contributed by atoms with E-state index in [0.717, 1.165) is 17.4 Å². The molecule has 2 rings (SSSR count). The Morgan fingerprint density at radius 3 is 2.67 bits per heavy atom. The van der Waals surface area contributed by atoms with E-state index < -0.39 is 0 Å². The standard InChI is InChI=1S/C16H20OS/c1-11(2)8-12(3)9-15(17)14-10-18-16-7-5-4-6-13(14)16/h4-7,10-12H,8-9H2,1-3H3. The summed E-state index contributed by atoms with van der Waals surface area (Å²) >= 11 is 1.66. The Hall–Kier alpha value is -1.15. The van der Waals surface area contributed by atoms with Crippen LogP contribution >= 0.6 is 11.3 Å². The number of fused-ring (bicyclic) bond motifs is 1. The van der Waals surface area contributed by atoms with E-state index >= 15 is 0 Å². The zero-order valence-electron chi connectivity index (χ0n) is 11.3. The van der Waals surface area contributed by atoms with E-state index in [4.69, 9.17) is 0 Å². The highest BCUT2D eigenvalue weighted by Gasteiger charge is 2.15. The summed E-state index contributed by atoms with van der Waals surface area (Å²) in [6.07, 6.45) is 1.78. The Kier molecular flexibility index (Phi) is 4.18. The summed E-state index contributed by atoms with van der Waals surface area (Å²) < 4.78 is 1.21. The predicted octanol–water partition coefficient (Wildman–Crippen LogP) is 5.16. The van der Waals surface area contributed by atoms with Crippen molar-refractivity contribution in [1.29, 1.82) is 0 Å². The lowest BCUT2D eigenvalue weighted by Crippen LogP contribution is -2.08. The molecule has 0 saturated carbocycles. The first-order valence-electron chi connectivity index (χ1n) is 6.57. The van der Waals surface area contributed by atoms with Crippen LogP contribution < -0.4 is 0 Å². The van der Waals surface area contributed by atoms with Crippen LogP contribution in [0, 0.1) is 11.8 Å². The van der Waals surface area contributed by atoms with E-state index in [0.29, 0.717) is 24.0 Å². The summed E-state index contributed by atoms with van der Waals surface area (Å²) in [5.74, 6) is 1.42. The van der Waals surface area contributed by atoms with Crippen LogP contribution in [0.2, 0.25) is 0 Å². The minimum Gasteiger partial charge on any atom is -0.294 e. The molecule has 0 aliphatic carbocycles. The first kappa shape index (κ1) is 13.3. The van der Waals surface area contributed by atoms with Crippen molar-refractivity contribution < 1.29 is 4.79 Å². The molecule has 96 valence electrons. The molecule has 2 aromatic rings. The predicted molar refractivity (Wildman–Crippen MR) is 79.4 cm³/mol. The van der Waals surface area contributed by atoms with Crippen molar-refractivity contribution in [2.24, 2.45) is 11.8 Å². The molecule has 0 bridgehead atoms. The van der Waals surface area contributed by atoms with Gasteiger partial charge in [-0.2, -0.15) is 0 Å². The van der Waals surface area contributed by atoms with Gasteiger partial charge in [0, 0.05) is 27.5 Å². The zero-order chi connectivity index (χ0) is 13.1. The molecule has 0 aliphatic rings. The van der Waals surface area contributed by atoms with E-state index in [-0.39, 0.29) is 0 Å². The van der Waals surface area contributed by atoms with Crippen LogP contribution in [-0.4, -0.2) is 5.78 Å². The number of thiophene rings is 1. The van der Waals surface area contributed by atoms with Gasteiger partial charge in [-0.05, 0) is 24.3 Å². The molecule has 2 heteroatoms. The molecule has 1 aromatic heterocycles. The Balaban J connectivity index is 2.14. The van der Waals surface area contributed by atoms with Gasteiger partial charge in [0.25, 0.3) is 0 Å². The molecule has 0 aliphatic heterocycles. The third-order valence-electron chi connectivity index (χ3n) is 3.19. The Bertz CT molecular complexity index is 539. The number of benzene rings is 1. The smallest absolute Gasteiger partial charge is 0.164 e. The maximum atomic E-state index is 12.3. The molecule has 1 atom stereocenters. The van der Waals surface area contributed by atoms with E-state index in [2.05, 4.69) is 26.8 Å². The molecule has 0 saturated heterocycles. The molecule has 1 aromatic carbocycles.